The molecule has 3 heteroatoms. The van der Waals surface area contributed by atoms with Gasteiger partial charge in [-0.05, 0) is 60.2 Å². The maximum absolute atomic E-state index is 9.33. The summed E-state index contributed by atoms with van der Waals surface area (Å²) in [6, 6.07) is 46.6. The van der Waals surface area contributed by atoms with Crippen molar-refractivity contribution < 1.29 is 0 Å². The Kier molecular flexibility index (Phi) is 4.52. The van der Waals surface area contributed by atoms with Crippen LogP contribution in [0, 0.1) is 11.3 Å². The summed E-state index contributed by atoms with van der Waals surface area (Å²) < 4.78 is 4.68. The second-order valence-corrected chi connectivity index (χ2v) is 8.97. The van der Waals surface area contributed by atoms with Crippen molar-refractivity contribution in [3.05, 3.63) is 133 Å². The molecule has 5 aromatic carbocycles. The summed E-state index contributed by atoms with van der Waals surface area (Å²) in [5, 5.41) is 13.0. The van der Waals surface area contributed by atoms with E-state index in [9.17, 15) is 5.26 Å². The van der Waals surface area contributed by atoms with Crippen LogP contribution in [0.15, 0.2) is 127 Å². The van der Waals surface area contributed by atoms with Crippen molar-refractivity contribution in [3.63, 3.8) is 0 Å². The average molecular weight is 460 g/mol. The van der Waals surface area contributed by atoms with E-state index in [1.165, 1.54) is 27.2 Å². The zero-order chi connectivity index (χ0) is 24.1. The molecule has 0 unspecified atom stereocenters. The molecule has 168 valence electrons. The second kappa shape index (κ2) is 8.01. The third-order valence-corrected chi connectivity index (χ3v) is 6.95. The van der Waals surface area contributed by atoms with E-state index < -0.39 is 0 Å². The van der Waals surface area contributed by atoms with Crippen LogP contribution in [0.25, 0.3) is 55.3 Å². The van der Waals surface area contributed by atoms with Gasteiger partial charge in [0.1, 0.15) is 0 Å². The fourth-order valence-electron chi connectivity index (χ4n) is 5.37. The SMILES string of the molecule is N#Cc1ccc(-n2c3ccccc3c3ccc4c(cc(-c5ccccc5)n4-c4ccccc4)c32)cc1. The summed E-state index contributed by atoms with van der Waals surface area (Å²) >= 11 is 0. The minimum Gasteiger partial charge on any atom is -0.309 e. The largest absolute Gasteiger partial charge is 0.309 e. The van der Waals surface area contributed by atoms with E-state index in [0.717, 1.165) is 28.1 Å². The van der Waals surface area contributed by atoms with Gasteiger partial charge in [-0.15, -0.1) is 0 Å². The van der Waals surface area contributed by atoms with Gasteiger partial charge in [-0.25, -0.2) is 0 Å². The molecule has 36 heavy (non-hydrogen) atoms. The zero-order valence-electron chi connectivity index (χ0n) is 19.5. The number of hydrogen-bond acceptors (Lipinski definition) is 1. The Hall–Kier alpha value is -5.07. The molecular weight excluding hydrogens is 438 g/mol. The minimum atomic E-state index is 0.659. The molecule has 3 nitrogen and oxygen atoms in total. The van der Waals surface area contributed by atoms with Crippen molar-refractivity contribution in [1.29, 1.82) is 5.26 Å². The minimum absolute atomic E-state index is 0.659. The van der Waals surface area contributed by atoms with Crippen LogP contribution in [0.5, 0.6) is 0 Å². The van der Waals surface area contributed by atoms with E-state index in [2.05, 4.69) is 118 Å². The van der Waals surface area contributed by atoms with Crippen LogP contribution in [0.3, 0.4) is 0 Å². The van der Waals surface area contributed by atoms with Gasteiger partial charge in [0.05, 0.1) is 33.9 Å². The molecule has 0 saturated heterocycles. The van der Waals surface area contributed by atoms with Gasteiger partial charge in [0, 0.05) is 27.5 Å². The summed E-state index contributed by atoms with van der Waals surface area (Å²) in [7, 11) is 0. The van der Waals surface area contributed by atoms with Crippen molar-refractivity contribution in [1.82, 2.24) is 9.13 Å². The molecule has 0 amide bonds. The molecule has 0 aliphatic rings. The van der Waals surface area contributed by atoms with Gasteiger partial charge >= 0.3 is 0 Å². The van der Waals surface area contributed by atoms with E-state index in [1.54, 1.807) is 0 Å². The number of rotatable bonds is 3. The number of hydrogen-bond donors (Lipinski definition) is 0. The molecule has 0 spiro atoms. The molecule has 0 fully saturated rings. The van der Waals surface area contributed by atoms with E-state index in [4.69, 9.17) is 0 Å². The lowest BCUT2D eigenvalue weighted by Gasteiger charge is -2.12. The highest BCUT2D eigenvalue weighted by molar-refractivity contribution is 6.19. The van der Waals surface area contributed by atoms with Crippen molar-refractivity contribution in [2.45, 2.75) is 0 Å². The Labute approximate surface area is 208 Å². The Morgan fingerprint density at radius 2 is 1.14 bits per heavy atom. The topological polar surface area (TPSA) is 33.6 Å². The number of fused-ring (bicyclic) bond motifs is 5. The third-order valence-electron chi connectivity index (χ3n) is 6.95. The predicted octanol–water partition coefficient (Wildman–Crippen LogP) is 8.27. The number of para-hydroxylation sites is 2. The van der Waals surface area contributed by atoms with Crippen LogP contribution in [0.1, 0.15) is 5.56 Å². The Morgan fingerprint density at radius 3 is 1.89 bits per heavy atom. The molecule has 0 aliphatic heterocycles. The third kappa shape index (κ3) is 2.99. The van der Waals surface area contributed by atoms with Crippen molar-refractivity contribution in [3.8, 4) is 28.7 Å². The van der Waals surface area contributed by atoms with E-state index in [0.29, 0.717) is 5.56 Å². The normalized spacial score (nSPS) is 11.3. The first-order valence-electron chi connectivity index (χ1n) is 12.0. The molecule has 0 saturated carbocycles. The quantitative estimate of drug-likeness (QED) is 0.262. The standard InChI is InChI=1S/C33H21N3/c34-22-23-15-17-26(18-16-23)36-30-14-8-7-13-27(30)28-19-20-31-29(33(28)36)21-32(24-9-3-1-4-10-24)35(31)25-11-5-2-6-12-25/h1-21H. The highest BCUT2D eigenvalue weighted by atomic mass is 15.0. The molecule has 2 heterocycles. The number of aromatic nitrogens is 2. The van der Waals surface area contributed by atoms with Crippen LogP contribution in [-0.2, 0) is 0 Å². The monoisotopic (exact) mass is 459 g/mol. The van der Waals surface area contributed by atoms with Gasteiger partial charge in [0.15, 0.2) is 0 Å². The van der Waals surface area contributed by atoms with E-state index in [-0.39, 0.29) is 0 Å². The van der Waals surface area contributed by atoms with Gasteiger partial charge in [0.2, 0.25) is 0 Å². The maximum atomic E-state index is 9.33. The van der Waals surface area contributed by atoms with Crippen molar-refractivity contribution in [2.75, 3.05) is 0 Å². The van der Waals surface area contributed by atoms with Crippen LogP contribution in [0.2, 0.25) is 0 Å². The Morgan fingerprint density at radius 1 is 0.500 bits per heavy atom. The first kappa shape index (κ1) is 20.3. The highest BCUT2D eigenvalue weighted by Gasteiger charge is 2.19. The Balaban J connectivity index is 1.65. The first-order chi connectivity index (χ1) is 17.8. The summed E-state index contributed by atoms with van der Waals surface area (Å²) in [6.45, 7) is 0. The summed E-state index contributed by atoms with van der Waals surface area (Å²) in [6.07, 6.45) is 0. The average Bonchev–Trinajstić information content (AvgIpc) is 3.50. The molecule has 0 atom stereocenters. The van der Waals surface area contributed by atoms with Gasteiger partial charge in [-0.1, -0.05) is 72.8 Å². The lowest BCUT2D eigenvalue weighted by Crippen LogP contribution is -1.97. The number of nitriles is 1. The van der Waals surface area contributed by atoms with Crippen LogP contribution >= 0.6 is 0 Å². The molecule has 7 aromatic rings. The first-order valence-corrected chi connectivity index (χ1v) is 12.0. The fourth-order valence-corrected chi connectivity index (χ4v) is 5.37. The summed E-state index contributed by atoms with van der Waals surface area (Å²) in [4.78, 5) is 0. The van der Waals surface area contributed by atoms with Crippen molar-refractivity contribution >= 4 is 32.7 Å². The lowest BCUT2D eigenvalue weighted by molar-refractivity contribution is 1.13. The van der Waals surface area contributed by atoms with Crippen LogP contribution < -0.4 is 0 Å². The van der Waals surface area contributed by atoms with Gasteiger partial charge in [-0.3, -0.25) is 0 Å². The molecule has 0 bridgehead atoms. The smallest absolute Gasteiger partial charge is 0.0991 e. The zero-order valence-corrected chi connectivity index (χ0v) is 19.5. The molecule has 0 radical (unpaired) electrons. The van der Waals surface area contributed by atoms with Gasteiger partial charge in [0.25, 0.3) is 0 Å². The van der Waals surface area contributed by atoms with E-state index in [1.807, 2.05) is 24.3 Å². The molecule has 0 N–H and O–H groups in total. The summed E-state index contributed by atoms with van der Waals surface area (Å²) in [5.41, 5.74) is 8.64. The van der Waals surface area contributed by atoms with E-state index >= 15 is 0 Å². The second-order valence-electron chi connectivity index (χ2n) is 8.97. The lowest BCUT2D eigenvalue weighted by atomic mass is 10.1. The Bertz CT molecular complexity index is 1920. The summed E-state index contributed by atoms with van der Waals surface area (Å²) in [5.74, 6) is 0. The fraction of sp³-hybridized carbons (Fsp3) is 0. The maximum Gasteiger partial charge on any atom is 0.0991 e. The number of benzene rings is 5. The van der Waals surface area contributed by atoms with Crippen LogP contribution in [0.4, 0.5) is 0 Å². The van der Waals surface area contributed by atoms with Gasteiger partial charge in [-0.2, -0.15) is 5.26 Å². The highest BCUT2D eigenvalue weighted by Crippen LogP contribution is 2.40. The van der Waals surface area contributed by atoms with Crippen LogP contribution in [-0.4, -0.2) is 9.13 Å². The molecule has 2 aromatic heterocycles. The number of nitrogens with zero attached hydrogens (tertiary/aromatic N) is 3. The molecule has 7 rings (SSSR count). The molecular formula is C33H21N3. The molecule has 0 aliphatic carbocycles. The van der Waals surface area contributed by atoms with Crippen molar-refractivity contribution in [2.24, 2.45) is 0 Å². The predicted molar refractivity (Wildman–Crippen MR) is 148 cm³/mol. The van der Waals surface area contributed by atoms with Gasteiger partial charge < -0.3 is 9.13 Å².